The molecule has 0 aliphatic carbocycles. The maximum atomic E-state index is 12.6. The maximum Gasteiger partial charge on any atom is 0.416 e. The van der Waals surface area contributed by atoms with Crippen molar-refractivity contribution >= 4 is 21.8 Å². The first-order chi connectivity index (χ1) is 13.6. The molecular formula is C18H14F3N3O4S. The summed E-state index contributed by atoms with van der Waals surface area (Å²) in [6.45, 7) is 1.49. The van der Waals surface area contributed by atoms with Crippen LogP contribution in [0.2, 0.25) is 0 Å². The Hall–Kier alpha value is -3.21. The van der Waals surface area contributed by atoms with Crippen molar-refractivity contribution in [1.82, 2.24) is 10.2 Å². The third kappa shape index (κ3) is 4.62. The topological polar surface area (TPSA) is 102 Å². The van der Waals surface area contributed by atoms with Gasteiger partial charge in [0.25, 0.3) is 5.91 Å². The Morgan fingerprint density at radius 1 is 1.10 bits per heavy atom. The molecule has 0 saturated carbocycles. The van der Waals surface area contributed by atoms with Crippen molar-refractivity contribution in [3.8, 4) is 11.5 Å². The maximum absolute atomic E-state index is 12.6. The molecule has 152 valence electrons. The molecule has 2 aromatic carbocycles. The van der Waals surface area contributed by atoms with E-state index < -0.39 is 27.5 Å². The molecule has 11 heteroatoms. The number of halogens is 3. The molecule has 1 heterocycles. The van der Waals surface area contributed by atoms with Gasteiger partial charge in [0.1, 0.15) is 0 Å². The van der Waals surface area contributed by atoms with Gasteiger partial charge in [-0.1, -0.05) is 18.1 Å². The molecule has 0 spiro atoms. The van der Waals surface area contributed by atoms with Gasteiger partial charge in [-0.25, -0.2) is 8.42 Å². The minimum atomic E-state index is -4.47. The second kappa shape index (κ2) is 7.66. The molecular weight excluding hydrogens is 411 g/mol. The summed E-state index contributed by atoms with van der Waals surface area (Å²) < 4.78 is 67.0. The van der Waals surface area contributed by atoms with Crippen LogP contribution in [0.3, 0.4) is 0 Å². The van der Waals surface area contributed by atoms with E-state index in [0.29, 0.717) is 0 Å². The van der Waals surface area contributed by atoms with Crippen molar-refractivity contribution in [1.29, 1.82) is 0 Å². The number of anilines is 1. The SMILES string of the molecule is CCS(=O)(=O)c1cccc(C(=O)Nc2nnc(-c3ccc(C(F)(F)F)cc3)o2)c1. The number of hydrogen-bond donors (Lipinski definition) is 1. The molecule has 0 radical (unpaired) electrons. The summed E-state index contributed by atoms with van der Waals surface area (Å²) in [7, 11) is -3.48. The number of nitrogens with zero attached hydrogens (tertiary/aromatic N) is 2. The average molecular weight is 425 g/mol. The van der Waals surface area contributed by atoms with Crippen molar-refractivity contribution < 1.29 is 30.8 Å². The van der Waals surface area contributed by atoms with Gasteiger partial charge in [-0.3, -0.25) is 10.1 Å². The van der Waals surface area contributed by atoms with E-state index in [2.05, 4.69) is 15.5 Å². The molecule has 7 nitrogen and oxygen atoms in total. The lowest BCUT2D eigenvalue weighted by molar-refractivity contribution is -0.137. The summed E-state index contributed by atoms with van der Waals surface area (Å²) >= 11 is 0. The highest BCUT2D eigenvalue weighted by Crippen LogP contribution is 2.31. The smallest absolute Gasteiger partial charge is 0.403 e. The van der Waals surface area contributed by atoms with Crippen LogP contribution >= 0.6 is 0 Å². The van der Waals surface area contributed by atoms with Crippen LogP contribution in [0.25, 0.3) is 11.5 Å². The lowest BCUT2D eigenvalue weighted by Crippen LogP contribution is -2.13. The van der Waals surface area contributed by atoms with E-state index in [-0.39, 0.29) is 33.7 Å². The first-order valence-corrected chi connectivity index (χ1v) is 9.90. The summed E-state index contributed by atoms with van der Waals surface area (Å²) in [4.78, 5) is 12.3. The molecule has 29 heavy (non-hydrogen) atoms. The molecule has 1 amide bonds. The van der Waals surface area contributed by atoms with Gasteiger partial charge in [0.2, 0.25) is 5.89 Å². The molecule has 1 N–H and O–H groups in total. The summed E-state index contributed by atoms with van der Waals surface area (Å²) in [5.41, 5.74) is -0.521. The third-order valence-electron chi connectivity index (χ3n) is 3.94. The van der Waals surface area contributed by atoms with E-state index in [1.165, 1.54) is 43.3 Å². The molecule has 1 aromatic heterocycles. The number of alkyl halides is 3. The monoisotopic (exact) mass is 425 g/mol. The Balaban J connectivity index is 1.77. The van der Waals surface area contributed by atoms with Crippen LogP contribution in [0, 0.1) is 0 Å². The molecule has 0 unspecified atom stereocenters. The van der Waals surface area contributed by atoms with Crippen molar-refractivity contribution in [3.05, 3.63) is 59.7 Å². The van der Waals surface area contributed by atoms with Crippen LogP contribution < -0.4 is 5.32 Å². The van der Waals surface area contributed by atoms with Gasteiger partial charge < -0.3 is 4.42 Å². The second-order valence-corrected chi connectivity index (χ2v) is 8.15. The fourth-order valence-electron chi connectivity index (χ4n) is 2.36. The largest absolute Gasteiger partial charge is 0.416 e. The number of rotatable bonds is 5. The van der Waals surface area contributed by atoms with Gasteiger partial charge >= 0.3 is 12.2 Å². The number of nitrogens with one attached hydrogen (secondary N) is 1. The van der Waals surface area contributed by atoms with Crippen LogP contribution in [0.15, 0.2) is 57.8 Å². The average Bonchev–Trinajstić information content (AvgIpc) is 3.16. The predicted molar refractivity (Wildman–Crippen MR) is 96.9 cm³/mol. The minimum absolute atomic E-state index is 0.00335. The van der Waals surface area contributed by atoms with Gasteiger partial charge in [0, 0.05) is 11.1 Å². The number of benzene rings is 2. The number of sulfone groups is 1. The van der Waals surface area contributed by atoms with E-state index in [9.17, 15) is 26.4 Å². The summed E-state index contributed by atoms with van der Waals surface area (Å²) in [6, 6.07) is 9.24. The summed E-state index contributed by atoms with van der Waals surface area (Å²) in [6.07, 6.45) is -4.47. The summed E-state index contributed by atoms with van der Waals surface area (Å²) in [5, 5.41) is 9.64. The zero-order valence-corrected chi connectivity index (χ0v) is 15.7. The number of carbonyl (C=O) groups excluding carboxylic acids is 1. The van der Waals surface area contributed by atoms with Gasteiger partial charge in [-0.2, -0.15) is 13.2 Å². The predicted octanol–water partition coefficient (Wildman–Crippen LogP) is 3.80. The van der Waals surface area contributed by atoms with Crippen molar-refractivity contribution in [2.75, 3.05) is 11.1 Å². The first kappa shape index (κ1) is 20.5. The van der Waals surface area contributed by atoms with E-state index in [4.69, 9.17) is 4.42 Å². The van der Waals surface area contributed by atoms with Crippen LogP contribution in [-0.4, -0.2) is 30.3 Å². The summed E-state index contributed by atoms with van der Waals surface area (Å²) in [5.74, 6) is -0.879. The lowest BCUT2D eigenvalue weighted by Gasteiger charge is -2.06. The normalized spacial score (nSPS) is 12.0. The Labute approximate surface area is 163 Å². The number of carbonyl (C=O) groups is 1. The van der Waals surface area contributed by atoms with E-state index in [1.807, 2.05) is 0 Å². The van der Waals surface area contributed by atoms with Gasteiger partial charge in [-0.05, 0) is 42.5 Å². The molecule has 3 rings (SSSR count). The van der Waals surface area contributed by atoms with Crippen LogP contribution in [0.4, 0.5) is 19.2 Å². The highest BCUT2D eigenvalue weighted by atomic mass is 32.2. The Kier molecular flexibility index (Phi) is 5.42. The highest BCUT2D eigenvalue weighted by molar-refractivity contribution is 7.91. The fourth-order valence-corrected chi connectivity index (χ4v) is 3.28. The van der Waals surface area contributed by atoms with Crippen LogP contribution in [0.5, 0.6) is 0 Å². The standard InChI is InChI=1S/C18H14F3N3O4S/c1-2-29(26,27)14-5-3-4-12(10-14)15(25)22-17-24-23-16(28-17)11-6-8-13(9-7-11)18(19,20)21/h3-10H,2H2,1H3,(H,22,24,25). The van der Waals surface area contributed by atoms with E-state index in [0.717, 1.165) is 12.1 Å². The quantitative estimate of drug-likeness (QED) is 0.667. The van der Waals surface area contributed by atoms with Crippen molar-refractivity contribution in [3.63, 3.8) is 0 Å². The van der Waals surface area contributed by atoms with Gasteiger partial charge in [-0.15, -0.1) is 5.10 Å². The molecule has 0 aliphatic heterocycles. The minimum Gasteiger partial charge on any atom is -0.403 e. The van der Waals surface area contributed by atoms with Crippen molar-refractivity contribution in [2.24, 2.45) is 0 Å². The Bertz CT molecular complexity index is 1140. The molecule has 0 fully saturated rings. The fraction of sp³-hybridized carbons (Fsp3) is 0.167. The van der Waals surface area contributed by atoms with E-state index >= 15 is 0 Å². The van der Waals surface area contributed by atoms with E-state index in [1.54, 1.807) is 0 Å². The van der Waals surface area contributed by atoms with Crippen LogP contribution in [0.1, 0.15) is 22.8 Å². The molecule has 0 bridgehead atoms. The van der Waals surface area contributed by atoms with Gasteiger partial charge in [0.05, 0.1) is 16.2 Å². The lowest BCUT2D eigenvalue weighted by atomic mass is 10.1. The van der Waals surface area contributed by atoms with Crippen LogP contribution in [-0.2, 0) is 16.0 Å². The highest BCUT2D eigenvalue weighted by Gasteiger charge is 2.30. The molecule has 0 saturated heterocycles. The third-order valence-corrected chi connectivity index (χ3v) is 5.67. The first-order valence-electron chi connectivity index (χ1n) is 8.25. The number of hydrogen-bond acceptors (Lipinski definition) is 6. The number of aromatic nitrogens is 2. The zero-order chi connectivity index (χ0) is 21.2. The Morgan fingerprint density at radius 2 is 1.79 bits per heavy atom. The molecule has 0 aliphatic rings. The second-order valence-electron chi connectivity index (χ2n) is 5.87. The van der Waals surface area contributed by atoms with Crippen molar-refractivity contribution in [2.45, 2.75) is 18.0 Å². The Morgan fingerprint density at radius 3 is 2.41 bits per heavy atom. The van der Waals surface area contributed by atoms with Gasteiger partial charge in [0.15, 0.2) is 9.84 Å². The number of amides is 1. The zero-order valence-electron chi connectivity index (χ0n) is 14.9. The molecule has 0 atom stereocenters. The molecule has 3 aromatic rings.